The summed E-state index contributed by atoms with van der Waals surface area (Å²) in [6.45, 7) is 1.55. The number of likely N-dealkylation sites (N-methyl/N-ethyl adjacent to an activating group) is 1. The van der Waals surface area contributed by atoms with Crippen LogP contribution in [0.25, 0.3) is 11.7 Å². The lowest BCUT2D eigenvalue weighted by molar-refractivity contribution is -0.138. The maximum atomic E-state index is 10.9. The summed E-state index contributed by atoms with van der Waals surface area (Å²) in [5.74, 6) is 0.255. The molecule has 0 aliphatic heterocycles. The molecule has 0 saturated heterocycles. The SMILES string of the molecule is CN(C)CCN(CC(=O)O)Cc1nnc(-c2ccco2)o1. The molecule has 2 aromatic heterocycles. The van der Waals surface area contributed by atoms with Crippen molar-refractivity contribution in [3.8, 4) is 11.7 Å². The van der Waals surface area contributed by atoms with Gasteiger partial charge in [-0.15, -0.1) is 10.2 Å². The highest BCUT2D eigenvalue weighted by Crippen LogP contribution is 2.18. The maximum absolute atomic E-state index is 10.9. The van der Waals surface area contributed by atoms with E-state index in [0.29, 0.717) is 18.2 Å². The molecule has 8 nitrogen and oxygen atoms in total. The lowest BCUT2D eigenvalue weighted by Gasteiger charge is -2.20. The van der Waals surface area contributed by atoms with Gasteiger partial charge in [0.05, 0.1) is 19.4 Å². The van der Waals surface area contributed by atoms with Crippen molar-refractivity contribution in [2.45, 2.75) is 6.54 Å². The minimum absolute atomic E-state index is 0.0771. The van der Waals surface area contributed by atoms with Gasteiger partial charge in [0, 0.05) is 13.1 Å². The molecule has 0 unspecified atom stereocenters. The van der Waals surface area contributed by atoms with Crippen molar-refractivity contribution >= 4 is 5.97 Å². The molecular weight excluding hydrogens is 276 g/mol. The van der Waals surface area contributed by atoms with Crippen LogP contribution in [0, 0.1) is 0 Å². The summed E-state index contributed by atoms with van der Waals surface area (Å²) in [4.78, 5) is 14.6. The molecule has 114 valence electrons. The van der Waals surface area contributed by atoms with Crippen LogP contribution in [0.2, 0.25) is 0 Å². The largest absolute Gasteiger partial charge is 0.480 e. The molecule has 0 fully saturated rings. The first-order valence-electron chi connectivity index (χ1n) is 6.49. The second kappa shape index (κ2) is 7.00. The lowest BCUT2D eigenvalue weighted by atomic mass is 10.4. The Morgan fingerprint density at radius 2 is 2.14 bits per heavy atom. The molecule has 1 N–H and O–H groups in total. The van der Waals surface area contributed by atoms with Gasteiger partial charge >= 0.3 is 5.97 Å². The van der Waals surface area contributed by atoms with Crippen LogP contribution in [0.15, 0.2) is 27.2 Å². The van der Waals surface area contributed by atoms with E-state index in [1.807, 2.05) is 19.0 Å². The summed E-state index contributed by atoms with van der Waals surface area (Å²) in [6, 6.07) is 3.45. The normalized spacial score (nSPS) is 11.4. The first-order chi connectivity index (χ1) is 10.0. The summed E-state index contributed by atoms with van der Waals surface area (Å²) in [5, 5.41) is 16.8. The molecule has 0 spiro atoms. The molecule has 0 amide bonds. The van der Waals surface area contributed by atoms with Gasteiger partial charge in [0.25, 0.3) is 5.89 Å². The standard InChI is InChI=1S/C13H18N4O4/c1-16(2)5-6-17(9-12(18)19)8-11-14-15-13(21-11)10-4-3-7-20-10/h3-4,7H,5-6,8-9H2,1-2H3,(H,18,19). The zero-order valence-corrected chi connectivity index (χ0v) is 12.0. The van der Waals surface area contributed by atoms with Crippen LogP contribution in [0.3, 0.4) is 0 Å². The number of aliphatic carboxylic acids is 1. The van der Waals surface area contributed by atoms with Gasteiger partial charge in [-0.3, -0.25) is 9.69 Å². The van der Waals surface area contributed by atoms with E-state index in [0.717, 1.165) is 6.54 Å². The highest BCUT2D eigenvalue weighted by Gasteiger charge is 2.16. The highest BCUT2D eigenvalue weighted by molar-refractivity contribution is 5.69. The van der Waals surface area contributed by atoms with Crippen LogP contribution in [-0.4, -0.2) is 64.8 Å². The number of hydrogen-bond donors (Lipinski definition) is 1. The van der Waals surface area contributed by atoms with E-state index in [2.05, 4.69) is 10.2 Å². The fraction of sp³-hybridized carbons (Fsp3) is 0.462. The predicted octanol–water partition coefficient (Wildman–Crippen LogP) is 0.778. The second-order valence-corrected chi connectivity index (χ2v) is 4.89. The first kappa shape index (κ1) is 15.2. The van der Waals surface area contributed by atoms with Gasteiger partial charge in [-0.05, 0) is 26.2 Å². The zero-order valence-electron chi connectivity index (χ0n) is 12.0. The molecule has 0 radical (unpaired) electrons. The molecule has 21 heavy (non-hydrogen) atoms. The molecule has 0 bridgehead atoms. The minimum Gasteiger partial charge on any atom is -0.480 e. The summed E-state index contributed by atoms with van der Waals surface area (Å²) < 4.78 is 10.7. The molecular formula is C13H18N4O4. The average Bonchev–Trinajstić information content (AvgIpc) is 3.05. The van der Waals surface area contributed by atoms with Crippen LogP contribution in [-0.2, 0) is 11.3 Å². The van der Waals surface area contributed by atoms with Crippen LogP contribution in [0.5, 0.6) is 0 Å². The summed E-state index contributed by atoms with van der Waals surface area (Å²) >= 11 is 0. The highest BCUT2D eigenvalue weighted by atomic mass is 16.4. The van der Waals surface area contributed by atoms with Crippen molar-refractivity contribution in [3.05, 3.63) is 24.3 Å². The number of furan rings is 1. The minimum atomic E-state index is -0.889. The Kier molecular flexibility index (Phi) is 5.07. The average molecular weight is 294 g/mol. The third-order valence-corrected chi connectivity index (χ3v) is 2.78. The van der Waals surface area contributed by atoms with E-state index in [9.17, 15) is 4.79 Å². The van der Waals surface area contributed by atoms with E-state index < -0.39 is 5.97 Å². The summed E-state index contributed by atoms with van der Waals surface area (Å²) in [7, 11) is 3.86. The molecule has 0 aliphatic rings. The lowest BCUT2D eigenvalue weighted by Crippen LogP contribution is -2.35. The van der Waals surface area contributed by atoms with Gasteiger partial charge in [-0.25, -0.2) is 0 Å². The number of carbonyl (C=O) groups is 1. The summed E-state index contributed by atoms with van der Waals surface area (Å²) in [6.07, 6.45) is 1.52. The van der Waals surface area contributed by atoms with Crippen LogP contribution >= 0.6 is 0 Å². The fourth-order valence-corrected chi connectivity index (χ4v) is 1.76. The maximum Gasteiger partial charge on any atom is 0.317 e. The Morgan fingerprint density at radius 1 is 1.33 bits per heavy atom. The third-order valence-electron chi connectivity index (χ3n) is 2.78. The van der Waals surface area contributed by atoms with E-state index in [1.165, 1.54) is 6.26 Å². The number of nitrogens with zero attached hydrogens (tertiary/aromatic N) is 4. The topological polar surface area (TPSA) is 95.8 Å². The van der Waals surface area contributed by atoms with Crippen LogP contribution < -0.4 is 0 Å². The van der Waals surface area contributed by atoms with Gasteiger partial charge < -0.3 is 18.8 Å². The Labute approximate surface area is 122 Å². The van der Waals surface area contributed by atoms with Crippen molar-refractivity contribution in [2.24, 2.45) is 0 Å². The molecule has 0 aliphatic carbocycles. The number of aromatic nitrogens is 2. The molecule has 0 atom stereocenters. The molecule has 2 heterocycles. The van der Waals surface area contributed by atoms with Crippen molar-refractivity contribution in [1.29, 1.82) is 0 Å². The van der Waals surface area contributed by atoms with E-state index in [1.54, 1.807) is 17.0 Å². The number of hydrogen-bond acceptors (Lipinski definition) is 7. The third kappa shape index (κ3) is 4.69. The molecule has 8 heteroatoms. The fourth-order valence-electron chi connectivity index (χ4n) is 1.76. The van der Waals surface area contributed by atoms with Crippen molar-refractivity contribution in [3.63, 3.8) is 0 Å². The van der Waals surface area contributed by atoms with Gasteiger partial charge in [-0.2, -0.15) is 0 Å². The van der Waals surface area contributed by atoms with Gasteiger partial charge in [0.15, 0.2) is 5.76 Å². The van der Waals surface area contributed by atoms with Crippen molar-refractivity contribution in [1.82, 2.24) is 20.0 Å². The van der Waals surface area contributed by atoms with E-state index in [-0.39, 0.29) is 19.0 Å². The van der Waals surface area contributed by atoms with Crippen molar-refractivity contribution in [2.75, 3.05) is 33.7 Å². The monoisotopic (exact) mass is 294 g/mol. The van der Waals surface area contributed by atoms with Gasteiger partial charge in [0.1, 0.15) is 0 Å². The first-order valence-corrected chi connectivity index (χ1v) is 6.49. The van der Waals surface area contributed by atoms with Crippen molar-refractivity contribution < 1.29 is 18.7 Å². The Balaban J connectivity index is 2.00. The second-order valence-electron chi connectivity index (χ2n) is 4.89. The summed E-state index contributed by atoms with van der Waals surface area (Å²) in [5.41, 5.74) is 0. The number of carboxylic acids is 1. The number of rotatable bonds is 8. The van der Waals surface area contributed by atoms with Gasteiger partial charge in [-0.1, -0.05) is 0 Å². The molecule has 2 aromatic rings. The quantitative estimate of drug-likeness (QED) is 0.763. The van der Waals surface area contributed by atoms with E-state index in [4.69, 9.17) is 13.9 Å². The Bertz CT molecular complexity index is 564. The smallest absolute Gasteiger partial charge is 0.317 e. The molecule has 0 aromatic carbocycles. The van der Waals surface area contributed by atoms with Gasteiger partial charge in [0.2, 0.25) is 5.89 Å². The van der Waals surface area contributed by atoms with Crippen LogP contribution in [0.1, 0.15) is 5.89 Å². The zero-order chi connectivity index (χ0) is 15.2. The molecule has 2 rings (SSSR count). The number of carboxylic acid groups (broad SMARTS) is 1. The molecule has 0 saturated carbocycles. The van der Waals surface area contributed by atoms with Crippen LogP contribution in [0.4, 0.5) is 0 Å². The van der Waals surface area contributed by atoms with E-state index >= 15 is 0 Å². The Hall–Kier alpha value is -2.19. The predicted molar refractivity (Wildman–Crippen MR) is 73.5 cm³/mol. The Morgan fingerprint density at radius 3 is 2.76 bits per heavy atom.